The number of esters is 2. The molecule has 0 bridgehead atoms. The molecule has 0 aromatic rings. The highest BCUT2D eigenvalue weighted by Crippen LogP contribution is 2.14. The molecule has 0 heterocycles. The molecule has 0 fully saturated rings. The Hall–Kier alpha value is -3.49. The van der Waals surface area contributed by atoms with E-state index in [4.69, 9.17) is 14.2 Å². The van der Waals surface area contributed by atoms with Gasteiger partial charge in [0.1, 0.15) is 12.6 Å². The van der Waals surface area contributed by atoms with Crippen LogP contribution in [0.25, 0.3) is 0 Å². The van der Waals surface area contributed by atoms with Crippen LogP contribution in [0.5, 0.6) is 0 Å². The van der Waals surface area contributed by atoms with E-state index in [1.165, 1.54) is 109 Å². The van der Waals surface area contributed by atoms with Crippen molar-refractivity contribution in [2.24, 2.45) is 0 Å². The van der Waals surface area contributed by atoms with E-state index in [-0.39, 0.29) is 49.1 Å². The maximum absolute atomic E-state index is 12.8. The summed E-state index contributed by atoms with van der Waals surface area (Å²) in [5.41, 5.74) is 0. The number of nitrogens with zero attached hydrogens (tertiary/aromatic N) is 1. The summed E-state index contributed by atoms with van der Waals surface area (Å²) in [7, 11) is 5.40. The lowest BCUT2D eigenvalue weighted by molar-refractivity contribution is -0.889. The Balaban J connectivity index is 4.32. The van der Waals surface area contributed by atoms with Crippen molar-refractivity contribution in [3.8, 4) is 0 Å². The van der Waals surface area contributed by atoms with Gasteiger partial charge in [-0.05, 0) is 96.3 Å². The number of carboxylic acid groups (broad SMARTS) is 1. The van der Waals surface area contributed by atoms with Crippen LogP contribution in [0.15, 0.2) is 85.1 Å². The number of aliphatic carboxylic acids is 1. The number of hydrogen-bond donors (Lipinski definition) is 0. The first-order valence-electron chi connectivity index (χ1n) is 27.6. The van der Waals surface area contributed by atoms with Crippen molar-refractivity contribution in [1.82, 2.24) is 0 Å². The second kappa shape index (κ2) is 49.9. The summed E-state index contributed by atoms with van der Waals surface area (Å²) in [6.45, 7) is 4.59. The molecule has 0 saturated carbocycles. The number of allylic oxidation sites excluding steroid dienone is 14. The molecule has 0 aliphatic rings. The molecule has 0 radical (unpaired) electrons. The predicted molar refractivity (Wildman–Crippen MR) is 286 cm³/mol. The number of likely N-dealkylation sites (N-methyl/N-ethyl adjacent to an activating group) is 1. The van der Waals surface area contributed by atoms with Crippen molar-refractivity contribution < 1.29 is 38.2 Å². The van der Waals surface area contributed by atoms with E-state index >= 15 is 0 Å². The molecule has 8 nitrogen and oxygen atoms in total. The first-order valence-corrected chi connectivity index (χ1v) is 27.6. The average molecular weight is 950 g/mol. The average Bonchev–Trinajstić information content (AvgIpc) is 3.30. The van der Waals surface area contributed by atoms with E-state index in [2.05, 4.69) is 98.9 Å². The van der Waals surface area contributed by atoms with Gasteiger partial charge in [0.15, 0.2) is 6.10 Å². The van der Waals surface area contributed by atoms with Gasteiger partial charge in [0, 0.05) is 19.3 Å². The predicted octanol–water partition coefficient (Wildman–Crippen LogP) is 15.1. The fraction of sp³-hybridized carbons (Fsp3) is 0.717. The molecule has 0 amide bonds. The third kappa shape index (κ3) is 47.6. The van der Waals surface area contributed by atoms with E-state index in [1.807, 2.05) is 0 Å². The highest BCUT2D eigenvalue weighted by Gasteiger charge is 2.25. The Labute approximate surface area is 418 Å². The Morgan fingerprint density at radius 1 is 0.441 bits per heavy atom. The standard InChI is InChI=1S/C60H103NO7/c1-6-8-10-12-14-16-18-20-22-24-26-28-29-31-33-35-37-39-41-43-45-47-49-51-59(63)68-56(54-66-53-52-57(60(64)65)61(3,4)5)55-67-58(62)50-48-46-44-42-40-38-36-34-32-30-27-25-23-21-19-17-15-13-11-9-7-2/h15,17,21,23,26-28,30-31,33-34,36,40,42,56-57H,6-14,16,18-20,22,24-25,29,32,35,37-39,41,43-55H2,1-5H3/b17-15+,23-21+,28-26+,30-27+,33-31+,36-34+,42-40+. The number of hydrogen-bond acceptors (Lipinski definition) is 7. The largest absolute Gasteiger partial charge is 0.544 e. The summed E-state index contributed by atoms with van der Waals surface area (Å²) in [6, 6.07) is -0.740. The molecular weight excluding hydrogens is 847 g/mol. The van der Waals surface area contributed by atoms with Crippen LogP contribution in [-0.4, -0.2) is 75.5 Å². The maximum Gasteiger partial charge on any atom is 0.306 e. The molecule has 0 aliphatic carbocycles. The van der Waals surface area contributed by atoms with Gasteiger partial charge in [0.05, 0.1) is 40.3 Å². The fourth-order valence-corrected chi connectivity index (χ4v) is 7.71. The van der Waals surface area contributed by atoms with Crippen LogP contribution in [-0.2, 0) is 28.6 Å². The highest BCUT2D eigenvalue weighted by atomic mass is 16.6. The molecule has 0 aliphatic heterocycles. The third-order valence-electron chi connectivity index (χ3n) is 12.0. The first-order chi connectivity index (χ1) is 33.1. The zero-order valence-corrected chi connectivity index (χ0v) is 44.5. The highest BCUT2D eigenvalue weighted by molar-refractivity contribution is 5.70. The van der Waals surface area contributed by atoms with Gasteiger partial charge in [-0.15, -0.1) is 0 Å². The molecule has 0 saturated heterocycles. The number of carbonyl (C=O) groups is 3. The van der Waals surface area contributed by atoms with Crippen LogP contribution >= 0.6 is 0 Å². The minimum Gasteiger partial charge on any atom is -0.544 e. The smallest absolute Gasteiger partial charge is 0.306 e. The number of unbranched alkanes of at least 4 members (excludes halogenated alkanes) is 21. The number of quaternary nitrogens is 1. The molecule has 8 heteroatoms. The fourth-order valence-electron chi connectivity index (χ4n) is 7.71. The van der Waals surface area contributed by atoms with Gasteiger partial charge in [-0.2, -0.15) is 0 Å². The van der Waals surface area contributed by atoms with Gasteiger partial charge in [-0.25, -0.2) is 0 Å². The molecule has 0 spiro atoms. The summed E-state index contributed by atoms with van der Waals surface area (Å²) in [4.78, 5) is 37.1. The Morgan fingerprint density at radius 3 is 1.21 bits per heavy atom. The zero-order chi connectivity index (χ0) is 49.9. The second-order valence-electron chi connectivity index (χ2n) is 19.5. The Morgan fingerprint density at radius 2 is 0.779 bits per heavy atom. The van der Waals surface area contributed by atoms with E-state index < -0.39 is 18.1 Å². The minimum atomic E-state index is -1.13. The first kappa shape index (κ1) is 64.5. The number of ether oxygens (including phenoxy) is 3. The molecule has 390 valence electrons. The molecule has 2 unspecified atom stereocenters. The van der Waals surface area contributed by atoms with E-state index in [1.54, 1.807) is 21.1 Å². The summed E-state index contributed by atoms with van der Waals surface area (Å²) < 4.78 is 17.2. The summed E-state index contributed by atoms with van der Waals surface area (Å²) in [6.07, 6.45) is 66.2. The van der Waals surface area contributed by atoms with Gasteiger partial charge >= 0.3 is 11.9 Å². The lowest BCUT2D eigenvalue weighted by atomic mass is 10.1. The van der Waals surface area contributed by atoms with Crippen LogP contribution in [0.4, 0.5) is 0 Å². The number of rotatable bonds is 49. The van der Waals surface area contributed by atoms with Gasteiger partial charge in [-0.1, -0.05) is 195 Å². The zero-order valence-electron chi connectivity index (χ0n) is 44.5. The van der Waals surface area contributed by atoms with Crippen LogP contribution in [0, 0.1) is 0 Å². The molecule has 0 aromatic carbocycles. The molecule has 2 atom stereocenters. The SMILES string of the molecule is CCCCC/C=C/C/C=C/C/C=C/C/C=C/C/C=C/CCCCC(=O)OCC(COCCC(C(=O)[O-])[N+](C)(C)C)OC(=O)CCCCCCCCC/C=C/C/C=C/CCCCCCCCCCC. The van der Waals surface area contributed by atoms with Crippen molar-refractivity contribution in [2.45, 2.75) is 238 Å². The van der Waals surface area contributed by atoms with Gasteiger partial charge in [0.25, 0.3) is 0 Å². The van der Waals surface area contributed by atoms with E-state index in [9.17, 15) is 19.5 Å². The van der Waals surface area contributed by atoms with Crippen molar-refractivity contribution in [3.63, 3.8) is 0 Å². The maximum atomic E-state index is 12.8. The van der Waals surface area contributed by atoms with Crippen molar-refractivity contribution in [1.29, 1.82) is 0 Å². The van der Waals surface area contributed by atoms with Crippen LogP contribution in [0.2, 0.25) is 0 Å². The van der Waals surface area contributed by atoms with Gasteiger partial charge < -0.3 is 28.6 Å². The Bertz CT molecular complexity index is 1380. The van der Waals surface area contributed by atoms with Gasteiger partial charge in [-0.3, -0.25) is 9.59 Å². The lowest BCUT2D eigenvalue weighted by Crippen LogP contribution is -2.55. The molecule has 0 N–H and O–H groups in total. The third-order valence-corrected chi connectivity index (χ3v) is 12.0. The van der Waals surface area contributed by atoms with Crippen molar-refractivity contribution in [3.05, 3.63) is 85.1 Å². The second-order valence-corrected chi connectivity index (χ2v) is 19.5. The minimum absolute atomic E-state index is 0.0193. The van der Waals surface area contributed by atoms with Gasteiger partial charge in [0.2, 0.25) is 0 Å². The van der Waals surface area contributed by atoms with Crippen molar-refractivity contribution in [2.75, 3.05) is 41.0 Å². The summed E-state index contributed by atoms with van der Waals surface area (Å²) >= 11 is 0. The molecule has 0 aromatic heterocycles. The molecule has 0 rings (SSSR count). The molecular formula is C60H103NO7. The quantitative estimate of drug-likeness (QED) is 0.0259. The lowest BCUT2D eigenvalue weighted by Gasteiger charge is -2.34. The van der Waals surface area contributed by atoms with Crippen LogP contribution < -0.4 is 5.11 Å². The molecule has 68 heavy (non-hydrogen) atoms. The monoisotopic (exact) mass is 950 g/mol. The van der Waals surface area contributed by atoms with E-state index in [0.29, 0.717) is 12.8 Å². The van der Waals surface area contributed by atoms with Crippen LogP contribution in [0.1, 0.15) is 226 Å². The normalized spacial score (nSPS) is 13.5. The Kier molecular flexibility index (Phi) is 47.4. The summed E-state index contributed by atoms with van der Waals surface area (Å²) in [5.74, 6) is -1.80. The van der Waals surface area contributed by atoms with E-state index in [0.717, 1.165) is 77.0 Å². The van der Waals surface area contributed by atoms with Crippen LogP contribution in [0.3, 0.4) is 0 Å². The van der Waals surface area contributed by atoms with Crippen molar-refractivity contribution >= 4 is 17.9 Å². The topological polar surface area (TPSA) is 102 Å². The summed E-state index contributed by atoms with van der Waals surface area (Å²) in [5, 5.41) is 11.7. The number of carbonyl (C=O) groups excluding carboxylic acids is 3. The number of carboxylic acids is 1.